The van der Waals surface area contributed by atoms with Crippen LogP contribution in [0.1, 0.15) is 23.6 Å². The monoisotopic (exact) mass is 275 g/mol. The van der Waals surface area contributed by atoms with Gasteiger partial charge in [0, 0.05) is 19.1 Å². The van der Waals surface area contributed by atoms with Gasteiger partial charge in [0.15, 0.2) is 0 Å². The molecule has 0 aromatic heterocycles. The second-order valence-electron chi connectivity index (χ2n) is 5.41. The van der Waals surface area contributed by atoms with Gasteiger partial charge >= 0.3 is 0 Å². The zero-order chi connectivity index (χ0) is 13.9. The number of hydrogen-bond donors (Lipinski definition) is 2. The number of morpholine rings is 1. The number of hydrogen-bond acceptors (Lipinski definition) is 4. The van der Waals surface area contributed by atoms with Gasteiger partial charge in [0.25, 0.3) is 0 Å². The molecule has 0 bridgehead atoms. The van der Waals surface area contributed by atoms with E-state index in [-0.39, 0.29) is 18.0 Å². The Hall–Kier alpha value is -1.43. The predicted molar refractivity (Wildman–Crippen MR) is 76.0 cm³/mol. The molecule has 2 aliphatic rings. The summed E-state index contributed by atoms with van der Waals surface area (Å²) in [4.78, 5) is 13.9. The van der Waals surface area contributed by atoms with Crippen LogP contribution < -0.4 is 11.1 Å². The average Bonchev–Trinajstić information content (AvgIpc) is 2.69. The molecular formula is C15H21N3O2. The van der Waals surface area contributed by atoms with E-state index in [1.165, 1.54) is 11.1 Å². The van der Waals surface area contributed by atoms with E-state index in [0.717, 1.165) is 26.1 Å². The number of nitrogens with two attached hydrogens (primary N) is 1. The molecule has 20 heavy (non-hydrogen) atoms. The summed E-state index contributed by atoms with van der Waals surface area (Å²) < 4.78 is 5.43. The highest BCUT2D eigenvalue weighted by molar-refractivity contribution is 5.80. The first kappa shape index (κ1) is 13.5. The Balaban J connectivity index is 1.93. The van der Waals surface area contributed by atoms with Gasteiger partial charge in [0.2, 0.25) is 5.91 Å². The molecular weight excluding hydrogens is 254 g/mol. The van der Waals surface area contributed by atoms with Crippen molar-refractivity contribution >= 4 is 5.91 Å². The normalized spacial score (nSPS) is 27.6. The number of rotatable bonds is 2. The first-order valence-corrected chi connectivity index (χ1v) is 7.18. The number of ether oxygens (including phenoxy) is 1. The van der Waals surface area contributed by atoms with Crippen LogP contribution in [0.4, 0.5) is 0 Å². The summed E-state index contributed by atoms with van der Waals surface area (Å²) in [5, 5.41) is 3.44. The van der Waals surface area contributed by atoms with E-state index < -0.39 is 0 Å². The Labute approximate surface area is 119 Å². The molecule has 5 heteroatoms. The van der Waals surface area contributed by atoms with Crippen LogP contribution in [0.5, 0.6) is 0 Å². The van der Waals surface area contributed by atoms with Gasteiger partial charge in [0.1, 0.15) is 6.04 Å². The fraction of sp³-hybridized carbons (Fsp3) is 0.533. The van der Waals surface area contributed by atoms with E-state index >= 15 is 0 Å². The Morgan fingerprint density at radius 1 is 1.40 bits per heavy atom. The molecule has 2 aliphatic heterocycles. The van der Waals surface area contributed by atoms with Crippen molar-refractivity contribution < 1.29 is 9.53 Å². The van der Waals surface area contributed by atoms with Crippen LogP contribution in [0.15, 0.2) is 24.3 Å². The zero-order valence-electron chi connectivity index (χ0n) is 11.5. The number of fused-ring (bicyclic) bond motifs is 1. The number of primary amides is 1. The lowest BCUT2D eigenvalue weighted by molar-refractivity contribution is -0.131. The largest absolute Gasteiger partial charge is 0.378 e. The van der Waals surface area contributed by atoms with E-state index in [0.29, 0.717) is 13.2 Å². The van der Waals surface area contributed by atoms with Crippen LogP contribution in [0.25, 0.3) is 0 Å². The van der Waals surface area contributed by atoms with Gasteiger partial charge in [-0.25, -0.2) is 0 Å². The van der Waals surface area contributed by atoms with Crippen molar-refractivity contribution in [1.82, 2.24) is 10.2 Å². The summed E-state index contributed by atoms with van der Waals surface area (Å²) in [6, 6.07) is 8.37. The first-order valence-electron chi connectivity index (χ1n) is 7.18. The minimum atomic E-state index is -0.320. The van der Waals surface area contributed by atoms with Crippen molar-refractivity contribution in [2.75, 3.05) is 26.3 Å². The maximum atomic E-state index is 11.7. The molecule has 0 spiro atoms. The molecule has 1 amide bonds. The highest BCUT2D eigenvalue weighted by Gasteiger charge is 2.34. The maximum absolute atomic E-state index is 11.7. The number of benzene rings is 1. The Morgan fingerprint density at radius 2 is 2.25 bits per heavy atom. The fourth-order valence-electron chi connectivity index (χ4n) is 3.22. The second kappa shape index (κ2) is 5.91. The van der Waals surface area contributed by atoms with Crippen molar-refractivity contribution in [2.45, 2.75) is 25.0 Å². The molecule has 1 fully saturated rings. The van der Waals surface area contributed by atoms with Crippen LogP contribution in [0.2, 0.25) is 0 Å². The van der Waals surface area contributed by atoms with Gasteiger partial charge in [-0.2, -0.15) is 0 Å². The smallest absolute Gasteiger partial charge is 0.237 e. The summed E-state index contributed by atoms with van der Waals surface area (Å²) >= 11 is 0. The van der Waals surface area contributed by atoms with Gasteiger partial charge < -0.3 is 15.8 Å². The van der Waals surface area contributed by atoms with E-state index in [4.69, 9.17) is 10.5 Å². The van der Waals surface area contributed by atoms with Gasteiger partial charge in [0.05, 0.1) is 13.2 Å². The van der Waals surface area contributed by atoms with Gasteiger partial charge in [-0.15, -0.1) is 0 Å². The highest BCUT2D eigenvalue weighted by atomic mass is 16.5. The van der Waals surface area contributed by atoms with Crippen LogP contribution >= 0.6 is 0 Å². The summed E-state index contributed by atoms with van der Waals surface area (Å²) in [5.74, 6) is -0.292. The summed E-state index contributed by atoms with van der Waals surface area (Å²) in [6.07, 6.45) is 0.987. The molecule has 2 atom stereocenters. The van der Waals surface area contributed by atoms with Crippen LogP contribution in [0, 0.1) is 0 Å². The Bertz CT molecular complexity index is 492. The number of carbonyl (C=O) groups excluding carboxylic acids is 1. The average molecular weight is 275 g/mol. The molecule has 3 N–H and O–H groups in total. The van der Waals surface area contributed by atoms with Crippen molar-refractivity contribution in [3.63, 3.8) is 0 Å². The lowest BCUT2D eigenvalue weighted by Gasteiger charge is -2.39. The minimum Gasteiger partial charge on any atom is -0.378 e. The molecule has 3 rings (SSSR count). The molecule has 1 saturated heterocycles. The van der Waals surface area contributed by atoms with Crippen molar-refractivity contribution in [3.05, 3.63) is 35.4 Å². The van der Waals surface area contributed by atoms with Gasteiger partial charge in [-0.05, 0) is 24.1 Å². The number of amides is 1. The van der Waals surface area contributed by atoms with E-state index in [2.05, 4.69) is 34.5 Å². The van der Waals surface area contributed by atoms with Crippen LogP contribution in [-0.4, -0.2) is 43.2 Å². The van der Waals surface area contributed by atoms with Crippen LogP contribution in [0.3, 0.4) is 0 Å². The minimum absolute atomic E-state index is 0.239. The van der Waals surface area contributed by atoms with Crippen LogP contribution in [-0.2, 0) is 16.1 Å². The molecule has 0 radical (unpaired) electrons. The quantitative estimate of drug-likeness (QED) is 0.820. The molecule has 5 nitrogen and oxygen atoms in total. The zero-order valence-corrected chi connectivity index (χ0v) is 11.5. The third kappa shape index (κ3) is 2.57. The SMILES string of the molecule is NC(=O)C1COCCN1C1CCNCc2ccccc21. The molecule has 1 aromatic rings. The second-order valence-corrected chi connectivity index (χ2v) is 5.41. The van der Waals surface area contributed by atoms with Crippen molar-refractivity contribution in [2.24, 2.45) is 5.73 Å². The summed E-state index contributed by atoms with van der Waals surface area (Å²) in [7, 11) is 0. The van der Waals surface area contributed by atoms with Gasteiger partial charge in [-0.1, -0.05) is 24.3 Å². The molecule has 0 saturated carbocycles. The Morgan fingerprint density at radius 3 is 3.10 bits per heavy atom. The van der Waals surface area contributed by atoms with Gasteiger partial charge in [-0.3, -0.25) is 9.69 Å². The van der Waals surface area contributed by atoms with E-state index in [1.807, 2.05) is 0 Å². The van der Waals surface area contributed by atoms with Crippen molar-refractivity contribution in [1.29, 1.82) is 0 Å². The molecule has 0 aliphatic carbocycles. The number of carbonyl (C=O) groups is 1. The molecule has 1 aromatic carbocycles. The lowest BCUT2D eigenvalue weighted by atomic mass is 9.96. The predicted octanol–water partition coefficient (Wildman–Crippen LogP) is 0.407. The fourth-order valence-corrected chi connectivity index (χ4v) is 3.22. The Kier molecular flexibility index (Phi) is 4.00. The number of nitrogens with one attached hydrogen (secondary N) is 1. The third-order valence-corrected chi connectivity index (χ3v) is 4.22. The standard InChI is InChI=1S/C15H21N3O2/c16-15(19)14-10-20-8-7-18(14)13-5-6-17-9-11-3-1-2-4-12(11)13/h1-4,13-14,17H,5-10H2,(H2,16,19). The topological polar surface area (TPSA) is 67.6 Å². The third-order valence-electron chi connectivity index (χ3n) is 4.22. The van der Waals surface area contributed by atoms with Crippen molar-refractivity contribution in [3.8, 4) is 0 Å². The number of nitrogens with zero attached hydrogens (tertiary/aromatic N) is 1. The maximum Gasteiger partial charge on any atom is 0.237 e. The summed E-state index contributed by atoms with van der Waals surface area (Å²) in [5.41, 5.74) is 8.17. The molecule has 2 unspecified atom stereocenters. The molecule has 108 valence electrons. The lowest BCUT2D eigenvalue weighted by Crippen LogP contribution is -2.53. The summed E-state index contributed by atoms with van der Waals surface area (Å²) in [6.45, 7) is 3.66. The first-order chi connectivity index (χ1) is 9.77. The van der Waals surface area contributed by atoms with E-state index in [1.54, 1.807) is 0 Å². The highest BCUT2D eigenvalue weighted by Crippen LogP contribution is 2.31. The van der Waals surface area contributed by atoms with E-state index in [9.17, 15) is 4.79 Å². The molecule has 2 heterocycles.